The summed E-state index contributed by atoms with van der Waals surface area (Å²) in [7, 11) is 1.60. The van der Waals surface area contributed by atoms with Crippen molar-refractivity contribution >= 4 is 23.2 Å². The van der Waals surface area contributed by atoms with Gasteiger partial charge in [-0.25, -0.2) is 9.97 Å². The predicted octanol–water partition coefficient (Wildman–Crippen LogP) is 4.19. The first-order valence-corrected chi connectivity index (χ1v) is 8.88. The molecule has 7 nitrogen and oxygen atoms in total. The van der Waals surface area contributed by atoms with Gasteiger partial charge in [0, 0.05) is 23.1 Å². The minimum absolute atomic E-state index is 0.270. The summed E-state index contributed by atoms with van der Waals surface area (Å²) in [5.74, 6) is 1.49. The van der Waals surface area contributed by atoms with E-state index in [4.69, 9.17) is 9.47 Å². The number of methoxy groups -OCH3 is 1. The van der Waals surface area contributed by atoms with Gasteiger partial charge in [-0.05, 0) is 56.3 Å². The second-order valence-corrected chi connectivity index (χ2v) is 5.99. The Hall–Kier alpha value is -3.61. The van der Waals surface area contributed by atoms with Gasteiger partial charge in [-0.1, -0.05) is 6.07 Å². The van der Waals surface area contributed by atoms with Crippen molar-refractivity contribution in [3.63, 3.8) is 0 Å². The summed E-state index contributed by atoms with van der Waals surface area (Å²) in [5.41, 5.74) is 2.37. The quantitative estimate of drug-likeness (QED) is 0.641. The highest BCUT2D eigenvalue weighted by Gasteiger charge is 2.12. The largest absolute Gasteiger partial charge is 0.497 e. The van der Waals surface area contributed by atoms with Gasteiger partial charge in [-0.3, -0.25) is 4.79 Å². The SMILES string of the molecule is CCOc1ccc(NC(=O)c2cc(C)nc(Nc3cccc(OC)c3)n2)cc1. The highest BCUT2D eigenvalue weighted by molar-refractivity contribution is 6.03. The van der Waals surface area contributed by atoms with Crippen LogP contribution in [0.5, 0.6) is 11.5 Å². The van der Waals surface area contributed by atoms with Gasteiger partial charge in [-0.2, -0.15) is 0 Å². The number of hydrogen-bond acceptors (Lipinski definition) is 6. The fourth-order valence-electron chi connectivity index (χ4n) is 2.57. The van der Waals surface area contributed by atoms with Crippen LogP contribution in [0.15, 0.2) is 54.6 Å². The van der Waals surface area contributed by atoms with E-state index in [1.54, 1.807) is 37.4 Å². The molecule has 0 unspecified atom stereocenters. The van der Waals surface area contributed by atoms with E-state index in [0.717, 1.165) is 11.4 Å². The molecule has 1 amide bonds. The zero-order valence-corrected chi connectivity index (χ0v) is 16.0. The maximum Gasteiger partial charge on any atom is 0.274 e. The van der Waals surface area contributed by atoms with Crippen LogP contribution in [0.4, 0.5) is 17.3 Å². The summed E-state index contributed by atoms with van der Waals surface area (Å²) in [6.45, 7) is 4.32. The molecule has 0 fully saturated rings. The van der Waals surface area contributed by atoms with Crippen LogP contribution in [0, 0.1) is 6.92 Å². The third-order valence-electron chi connectivity index (χ3n) is 3.84. The molecule has 0 aliphatic rings. The van der Waals surface area contributed by atoms with E-state index in [0.29, 0.717) is 29.7 Å². The van der Waals surface area contributed by atoms with Crippen LogP contribution < -0.4 is 20.1 Å². The van der Waals surface area contributed by atoms with Crippen molar-refractivity contribution in [2.45, 2.75) is 13.8 Å². The molecule has 7 heteroatoms. The van der Waals surface area contributed by atoms with Gasteiger partial charge in [0.15, 0.2) is 0 Å². The Morgan fingerprint density at radius 2 is 1.79 bits per heavy atom. The lowest BCUT2D eigenvalue weighted by Gasteiger charge is -2.10. The summed E-state index contributed by atoms with van der Waals surface area (Å²) in [6, 6.07) is 16.2. The van der Waals surface area contributed by atoms with Crippen LogP contribution in [-0.2, 0) is 0 Å². The number of anilines is 3. The van der Waals surface area contributed by atoms with Gasteiger partial charge in [0.2, 0.25) is 5.95 Å². The van der Waals surface area contributed by atoms with Gasteiger partial charge < -0.3 is 20.1 Å². The Labute approximate surface area is 163 Å². The molecule has 0 aliphatic heterocycles. The van der Waals surface area contributed by atoms with E-state index in [2.05, 4.69) is 20.6 Å². The van der Waals surface area contributed by atoms with E-state index in [9.17, 15) is 4.79 Å². The Morgan fingerprint density at radius 1 is 1.00 bits per heavy atom. The third-order valence-corrected chi connectivity index (χ3v) is 3.84. The molecular formula is C21H22N4O3. The lowest BCUT2D eigenvalue weighted by atomic mass is 10.2. The third kappa shape index (κ3) is 4.97. The molecule has 2 N–H and O–H groups in total. The Balaban J connectivity index is 1.75. The van der Waals surface area contributed by atoms with Crippen molar-refractivity contribution in [1.82, 2.24) is 9.97 Å². The fourth-order valence-corrected chi connectivity index (χ4v) is 2.57. The summed E-state index contributed by atoms with van der Waals surface area (Å²) < 4.78 is 10.6. The molecule has 3 rings (SSSR count). The molecule has 144 valence electrons. The van der Waals surface area contributed by atoms with E-state index >= 15 is 0 Å². The normalized spacial score (nSPS) is 10.2. The number of ether oxygens (including phenoxy) is 2. The number of nitrogens with zero attached hydrogens (tertiary/aromatic N) is 2. The maximum absolute atomic E-state index is 12.6. The van der Waals surface area contributed by atoms with Crippen molar-refractivity contribution in [2.75, 3.05) is 24.4 Å². The molecule has 28 heavy (non-hydrogen) atoms. The van der Waals surface area contributed by atoms with Crippen molar-refractivity contribution in [3.05, 3.63) is 66.0 Å². The number of rotatable bonds is 7. The fraction of sp³-hybridized carbons (Fsp3) is 0.190. The summed E-state index contributed by atoms with van der Waals surface area (Å²) in [4.78, 5) is 21.3. The molecule has 0 aliphatic carbocycles. The topological polar surface area (TPSA) is 85.4 Å². The van der Waals surface area contributed by atoms with Gasteiger partial charge in [0.05, 0.1) is 13.7 Å². The maximum atomic E-state index is 12.6. The van der Waals surface area contributed by atoms with Crippen LogP contribution in [0.3, 0.4) is 0 Å². The van der Waals surface area contributed by atoms with Crippen LogP contribution >= 0.6 is 0 Å². The Bertz CT molecular complexity index is 958. The summed E-state index contributed by atoms with van der Waals surface area (Å²) in [6.07, 6.45) is 0. The van der Waals surface area contributed by atoms with Gasteiger partial charge in [0.25, 0.3) is 5.91 Å². The van der Waals surface area contributed by atoms with Crippen molar-refractivity contribution in [3.8, 4) is 11.5 Å². The van der Waals surface area contributed by atoms with E-state index in [1.807, 2.05) is 38.1 Å². The predicted molar refractivity (Wildman–Crippen MR) is 109 cm³/mol. The van der Waals surface area contributed by atoms with Crippen molar-refractivity contribution in [2.24, 2.45) is 0 Å². The Kier molecular flexibility index (Phi) is 6.06. The van der Waals surface area contributed by atoms with Gasteiger partial charge >= 0.3 is 0 Å². The van der Waals surface area contributed by atoms with Crippen LogP contribution in [-0.4, -0.2) is 29.6 Å². The molecule has 0 atom stereocenters. The number of aromatic nitrogens is 2. The molecule has 0 bridgehead atoms. The lowest BCUT2D eigenvalue weighted by Crippen LogP contribution is -2.15. The molecule has 1 aromatic heterocycles. The molecule has 0 radical (unpaired) electrons. The average Bonchev–Trinajstić information content (AvgIpc) is 2.69. The smallest absolute Gasteiger partial charge is 0.274 e. The molecule has 0 saturated carbocycles. The first kappa shape index (κ1) is 19.2. The molecule has 0 spiro atoms. The summed E-state index contributed by atoms with van der Waals surface area (Å²) in [5, 5.41) is 5.93. The number of nitrogens with one attached hydrogen (secondary N) is 2. The molecule has 0 saturated heterocycles. The number of aryl methyl sites for hydroxylation is 1. The molecule has 3 aromatic rings. The second kappa shape index (κ2) is 8.85. The van der Waals surface area contributed by atoms with E-state index in [-0.39, 0.29) is 11.6 Å². The van der Waals surface area contributed by atoms with Crippen molar-refractivity contribution < 1.29 is 14.3 Å². The minimum Gasteiger partial charge on any atom is -0.497 e. The molecular weight excluding hydrogens is 356 g/mol. The van der Waals surface area contributed by atoms with Gasteiger partial charge in [0.1, 0.15) is 17.2 Å². The number of hydrogen-bond donors (Lipinski definition) is 2. The van der Waals surface area contributed by atoms with Gasteiger partial charge in [-0.15, -0.1) is 0 Å². The zero-order chi connectivity index (χ0) is 19.9. The minimum atomic E-state index is -0.316. The number of carbonyl (C=O) groups is 1. The standard InChI is InChI=1S/C21H22N4O3/c1-4-28-17-10-8-15(9-11-17)23-20(26)19-12-14(2)22-21(25-19)24-16-6-5-7-18(13-16)27-3/h5-13H,4H2,1-3H3,(H,23,26)(H,22,24,25). The Morgan fingerprint density at radius 3 is 2.50 bits per heavy atom. The monoisotopic (exact) mass is 378 g/mol. The first-order valence-electron chi connectivity index (χ1n) is 8.88. The average molecular weight is 378 g/mol. The van der Waals surface area contributed by atoms with E-state index < -0.39 is 0 Å². The van der Waals surface area contributed by atoms with E-state index in [1.165, 1.54) is 0 Å². The summed E-state index contributed by atoms with van der Waals surface area (Å²) >= 11 is 0. The second-order valence-electron chi connectivity index (χ2n) is 5.99. The number of carbonyl (C=O) groups excluding carboxylic acids is 1. The van der Waals surface area contributed by atoms with Crippen LogP contribution in [0.2, 0.25) is 0 Å². The highest BCUT2D eigenvalue weighted by Crippen LogP contribution is 2.20. The van der Waals surface area contributed by atoms with Crippen molar-refractivity contribution in [1.29, 1.82) is 0 Å². The first-order chi connectivity index (χ1) is 13.6. The molecule has 2 aromatic carbocycles. The van der Waals surface area contributed by atoms with Crippen LogP contribution in [0.1, 0.15) is 23.1 Å². The lowest BCUT2D eigenvalue weighted by molar-refractivity contribution is 0.102. The zero-order valence-electron chi connectivity index (χ0n) is 16.0. The number of benzene rings is 2. The number of amides is 1. The molecule has 1 heterocycles. The van der Waals surface area contributed by atoms with Crippen LogP contribution in [0.25, 0.3) is 0 Å². The highest BCUT2D eigenvalue weighted by atomic mass is 16.5.